The molecular formula is C11H15NO2S. The van der Waals surface area contributed by atoms with Gasteiger partial charge < -0.3 is 5.11 Å². The second-order valence-corrected chi connectivity index (χ2v) is 5.22. The number of hydrogen-bond acceptors (Lipinski definition) is 3. The van der Waals surface area contributed by atoms with Gasteiger partial charge in [-0.05, 0) is 32.4 Å². The number of carbonyl (C=O) groups is 1. The number of rotatable bonds is 4. The minimum atomic E-state index is -0.768. The highest BCUT2D eigenvalue weighted by molar-refractivity contribution is 7.99. The summed E-state index contributed by atoms with van der Waals surface area (Å²) in [5.74, 6) is -0.219. The third kappa shape index (κ3) is 3.55. The van der Waals surface area contributed by atoms with Gasteiger partial charge >= 0.3 is 5.97 Å². The van der Waals surface area contributed by atoms with E-state index in [2.05, 4.69) is 4.98 Å². The van der Waals surface area contributed by atoms with E-state index >= 15 is 0 Å². The van der Waals surface area contributed by atoms with Crippen LogP contribution in [-0.2, 0) is 4.79 Å². The normalized spacial score (nSPS) is 11.4. The lowest BCUT2D eigenvalue weighted by atomic mass is 9.97. The van der Waals surface area contributed by atoms with Gasteiger partial charge in [0, 0.05) is 23.0 Å². The fourth-order valence-corrected chi connectivity index (χ4v) is 1.99. The van der Waals surface area contributed by atoms with Crippen LogP contribution >= 0.6 is 11.8 Å². The molecule has 0 spiro atoms. The Morgan fingerprint density at radius 2 is 2.20 bits per heavy atom. The molecule has 0 saturated carbocycles. The quantitative estimate of drug-likeness (QED) is 0.800. The average Bonchev–Trinajstić information content (AvgIpc) is 2.15. The Labute approximate surface area is 93.9 Å². The van der Waals surface area contributed by atoms with E-state index < -0.39 is 11.4 Å². The molecule has 15 heavy (non-hydrogen) atoms. The molecule has 0 bridgehead atoms. The molecule has 1 N–H and O–H groups in total. The number of pyridine rings is 1. The van der Waals surface area contributed by atoms with Crippen molar-refractivity contribution in [2.24, 2.45) is 5.41 Å². The molecule has 0 atom stereocenters. The van der Waals surface area contributed by atoms with Gasteiger partial charge in [-0.1, -0.05) is 0 Å². The maximum Gasteiger partial charge on any atom is 0.309 e. The van der Waals surface area contributed by atoms with Crippen LogP contribution in [0.2, 0.25) is 0 Å². The molecule has 82 valence electrons. The van der Waals surface area contributed by atoms with Gasteiger partial charge in [0.25, 0.3) is 0 Å². The zero-order chi connectivity index (χ0) is 11.5. The summed E-state index contributed by atoms with van der Waals surface area (Å²) in [7, 11) is 0. The summed E-state index contributed by atoms with van der Waals surface area (Å²) in [5, 5.41) is 8.94. The Morgan fingerprint density at radius 1 is 1.53 bits per heavy atom. The van der Waals surface area contributed by atoms with Crippen molar-refractivity contribution in [3.63, 3.8) is 0 Å². The number of carboxylic acids is 1. The van der Waals surface area contributed by atoms with E-state index in [0.717, 1.165) is 10.5 Å². The second kappa shape index (κ2) is 4.66. The fraction of sp³-hybridized carbons (Fsp3) is 0.455. The Kier molecular flexibility index (Phi) is 3.74. The van der Waals surface area contributed by atoms with Crippen LogP contribution in [-0.4, -0.2) is 21.8 Å². The summed E-state index contributed by atoms with van der Waals surface area (Å²) in [5.41, 5.74) is 0.391. The van der Waals surface area contributed by atoms with Crippen LogP contribution in [0.15, 0.2) is 23.4 Å². The van der Waals surface area contributed by atoms with Crippen molar-refractivity contribution in [2.45, 2.75) is 25.7 Å². The van der Waals surface area contributed by atoms with Gasteiger partial charge in [0.1, 0.15) is 0 Å². The van der Waals surface area contributed by atoms with Crippen molar-refractivity contribution in [1.82, 2.24) is 4.98 Å². The number of nitrogens with zero attached hydrogens (tertiary/aromatic N) is 1. The van der Waals surface area contributed by atoms with Crippen LogP contribution in [0.4, 0.5) is 0 Å². The topological polar surface area (TPSA) is 50.2 Å². The fourth-order valence-electron chi connectivity index (χ4n) is 0.932. The lowest BCUT2D eigenvalue weighted by Gasteiger charge is -2.18. The van der Waals surface area contributed by atoms with Gasteiger partial charge in [-0.15, -0.1) is 11.8 Å². The monoisotopic (exact) mass is 225 g/mol. The van der Waals surface area contributed by atoms with Crippen LogP contribution in [0.3, 0.4) is 0 Å². The summed E-state index contributed by atoms with van der Waals surface area (Å²) in [6.07, 6.45) is 3.54. The molecule has 0 saturated heterocycles. The van der Waals surface area contributed by atoms with E-state index in [-0.39, 0.29) is 0 Å². The first-order chi connectivity index (χ1) is 6.92. The Bertz CT molecular complexity index is 363. The summed E-state index contributed by atoms with van der Waals surface area (Å²) >= 11 is 1.53. The molecule has 0 aliphatic rings. The molecule has 0 aromatic carbocycles. The summed E-state index contributed by atoms with van der Waals surface area (Å²) in [4.78, 5) is 16.0. The SMILES string of the molecule is Cc1cncc(SCC(C)(C)C(=O)O)c1. The maximum atomic E-state index is 10.9. The van der Waals surface area contributed by atoms with Crippen molar-refractivity contribution >= 4 is 17.7 Å². The zero-order valence-electron chi connectivity index (χ0n) is 9.15. The van der Waals surface area contributed by atoms with Gasteiger partial charge in [0.15, 0.2) is 0 Å². The van der Waals surface area contributed by atoms with Crippen molar-refractivity contribution in [3.05, 3.63) is 24.0 Å². The third-order valence-electron chi connectivity index (χ3n) is 2.03. The van der Waals surface area contributed by atoms with Crippen molar-refractivity contribution in [3.8, 4) is 0 Å². The van der Waals surface area contributed by atoms with Crippen molar-refractivity contribution < 1.29 is 9.90 Å². The highest BCUT2D eigenvalue weighted by Crippen LogP contribution is 2.27. The first-order valence-corrected chi connectivity index (χ1v) is 5.68. The standard InChI is InChI=1S/C11H15NO2S/c1-8-4-9(6-12-5-8)15-7-11(2,3)10(13)14/h4-6H,7H2,1-3H3,(H,13,14). The summed E-state index contributed by atoms with van der Waals surface area (Å²) in [6.45, 7) is 5.43. The first kappa shape index (κ1) is 12.0. The first-order valence-electron chi connectivity index (χ1n) is 4.70. The highest BCUT2D eigenvalue weighted by atomic mass is 32.2. The summed E-state index contributed by atoms with van der Waals surface area (Å²) < 4.78 is 0. The van der Waals surface area contributed by atoms with E-state index in [4.69, 9.17) is 5.11 Å². The minimum absolute atomic E-state index is 0.549. The second-order valence-electron chi connectivity index (χ2n) is 4.18. The van der Waals surface area contributed by atoms with Crippen LogP contribution in [0, 0.1) is 12.3 Å². The molecule has 0 amide bonds. The van der Waals surface area contributed by atoms with Crippen LogP contribution in [0.1, 0.15) is 19.4 Å². The van der Waals surface area contributed by atoms with Gasteiger partial charge in [-0.25, -0.2) is 0 Å². The Hall–Kier alpha value is -1.03. The minimum Gasteiger partial charge on any atom is -0.481 e. The lowest BCUT2D eigenvalue weighted by molar-refractivity contribution is -0.145. The molecule has 1 aromatic heterocycles. The van der Waals surface area contributed by atoms with E-state index in [1.807, 2.05) is 13.0 Å². The van der Waals surface area contributed by atoms with Gasteiger partial charge in [0.05, 0.1) is 5.41 Å². The van der Waals surface area contributed by atoms with Crippen LogP contribution in [0.25, 0.3) is 0 Å². The Morgan fingerprint density at radius 3 is 2.73 bits per heavy atom. The molecule has 4 heteroatoms. The Balaban J connectivity index is 2.61. The van der Waals surface area contributed by atoms with E-state index in [1.165, 1.54) is 11.8 Å². The predicted molar refractivity (Wildman–Crippen MR) is 61.1 cm³/mol. The van der Waals surface area contributed by atoms with E-state index in [1.54, 1.807) is 26.2 Å². The molecular weight excluding hydrogens is 210 g/mol. The van der Waals surface area contributed by atoms with E-state index in [9.17, 15) is 4.79 Å². The molecule has 1 heterocycles. The molecule has 3 nitrogen and oxygen atoms in total. The molecule has 0 aliphatic heterocycles. The predicted octanol–water partition coefficient (Wildman–Crippen LogP) is 2.59. The van der Waals surface area contributed by atoms with Gasteiger partial charge in [-0.2, -0.15) is 0 Å². The highest BCUT2D eigenvalue weighted by Gasteiger charge is 2.27. The third-order valence-corrected chi connectivity index (χ3v) is 3.45. The molecule has 0 aliphatic carbocycles. The number of aryl methyl sites for hydroxylation is 1. The number of thioether (sulfide) groups is 1. The van der Waals surface area contributed by atoms with E-state index in [0.29, 0.717) is 5.75 Å². The number of aliphatic carboxylic acids is 1. The van der Waals surface area contributed by atoms with Gasteiger partial charge in [-0.3, -0.25) is 9.78 Å². The number of hydrogen-bond donors (Lipinski definition) is 1. The average molecular weight is 225 g/mol. The number of carboxylic acid groups (broad SMARTS) is 1. The largest absolute Gasteiger partial charge is 0.481 e. The van der Waals surface area contributed by atoms with Crippen molar-refractivity contribution in [2.75, 3.05) is 5.75 Å². The molecule has 0 radical (unpaired) electrons. The molecule has 1 aromatic rings. The molecule has 1 rings (SSSR count). The molecule has 0 fully saturated rings. The van der Waals surface area contributed by atoms with Crippen LogP contribution in [0.5, 0.6) is 0 Å². The number of aromatic nitrogens is 1. The lowest BCUT2D eigenvalue weighted by Crippen LogP contribution is -2.26. The molecule has 0 unspecified atom stereocenters. The summed E-state index contributed by atoms with van der Waals surface area (Å²) in [6, 6.07) is 2.01. The zero-order valence-corrected chi connectivity index (χ0v) is 9.97. The maximum absolute atomic E-state index is 10.9. The van der Waals surface area contributed by atoms with Crippen molar-refractivity contribution in [1.29, 1.82) is 0 Å². The van der Waals surface area contributed by atoms with Crippen LogP contribution < -0.4 is 0 Å². The smallest absolute Gasteiger partial charge is 0.309 e. The van der Waals surface area contributed by atoms with Gasteiger partial charge in [0.2, 0.25) is 0 Å².